The Kier molecular flexibility index (Phi) is 2.73. The maximum atomic E-state index is 11.6. The van der Waals surface area contributed by atoms with Gasteiger partial charge in [-0.1, -0.05) is 0 Å². The lowest BCUT2D eigenvalue weighted by Gasteiger charge is -2.25. The van der Waals surface area contributed by atoms with E-state index in [2.05, 4.69) is 0 Å². The van der Waals surface area contributed by atoms with Crippen LogP contribution in [0.4, 0.5) is 0 Å². The lowest BCUT2D eigenvalue weighted by Crippen LogP contribution is -2.45. The molecule has 0 aromatic carbocycles. The molecule has 0 unspecified atom stereocenters. The molecule has 1 rings (SSSR count). The smallest absolute Gasteiger partial charge is 0.277 e. The highest BCUT2D eigenvalue weighted by atomic mass is 16.2. The SMILES string of the molecule is C[N+](C)(C)CC(=O)N1CCCC1. The van der Waals surface area contributed by atoms with Crippen molar-refractivity contribution in [2.75, 3.05) is 40.8 Å². The summed E-state index contributed by atoms with van der Waals surface area (Å²) in [5.74, 6) is 0.306. The van der Waals surface area contributed by atoms with Crippen LogP contribution in [0, 0.1) is 0 Å². The van der Waals surface area contributed by atoms with Crippen LogP contribution in [0.5, 0.6) is 0 Å². The van der Waals surface area contributed by atoms with E-state index >= 15 is 0 Å². The summed E-state index contributed by atoms with van der Waals surface area (Å²) in [6, 6.07) is 0. The second kappa shape index (κ2) is 3.44. The lowest BCUT2D eigenvalue weighted by molar-refractivity contribution is -0.862. The Balaban J connectivity index is 2.37. The summed E-state index contributed by atoms with van der Waals surface area (Å²) in [4.78, 5) is 13.5. The molecule has 70 valence electrons. The van der Waals surface area contributed by atoms with Crippen LogP contribution >= 0.6 is 0 Å². The number of hydrogen-bond donors (Lipinski definition) is 0. The summed E-state index contributed by atoms with van der Waals surface area (Å²) in [5, 5.41) is 0. The topological polar surface area (TPSA) is 20.3 Å². The van der Waals surface area contributed by atoms with Gasteiger partial charge in [0.15, 0.2) is 6.54 Å². The molecule has 1 saturated heterocycles. The molecule has 0 aromatic rings. The van der Waals surface area contributed by atoms with Crippen molar-refractivity contribution in [1.82, 2.24) is 4.90 Å². The highest BCUT2D eigenvalue weighted by molar-refractivity contribution is 5.77. The number of amides is 1. The zero-order valence-electron chi connectivity index (χ0n) is 8.34. The third-order valence-corrected chi connectivity index (χ3v) is 2.07. The number of carbonyl (C=O) groups excluding carboxylic acids is 1. The van der Waals surface area contributed by atoms with Gasteiger partial charge < -0.3 is 9.38 Å². The minimum absolute atomic E-state index is 0.306. The largest absolute Gasteiger partial charge is 0.338 e. The van der Waals surface area contributed by atoms with Crippen molar-refractivity contribution in [3.05, 3.63) is 0 Å². The van der Waals surface area contributed by atoms with E-state index in [0.29, 0.717) is 12.5 Å². The van der Waals surface area contributed by atoms with Gasteiger partial charge in [-0.15, -0.1) is 0 Å². The normalized spacial score (nSPS) is 18.4. The quantitative estimate of drug-likeness (QED) is 0.548. The predicted molar refractivity (Wildman–Crippen MR) is 48.7 cm³/mol. The van der Waals surface area contributed by atoms with Crippen LogP contribution < -0.4 is 0 Å². The van der Waals surface area contributed by atoms with Crippen LogP contribution in [0.25, 0.3) is 0 Å². The fourth-order valence-electron chi connectivity index (χ4n) is 1.47. The molecule has 0 aliphatic carbocycles. The molecule has 3 heteroatoms. The van der Waals surface area contributed by atoms with Gasteiger partial charge in [-0.05, 0) is 12.8 Å². The molecule has 1 aliphatic heterocycles. The van der Waals surface area contributed by atoms with Crippen LogP contribution in [-0.2, 0) is 4.79 Å². The van der Waals surface area contributed by atoms with Gasteiger partial charge in [0.2, 0.25) is 0 Å². The third-order valence-electron chi connectivity index (χ3n) is 2.07. The summed E-state index contributed by atoms with van der Waals surface area (Å²) in [5.41, 5.74) is 0. The summed E-state index contributed by atoms with van der Waals surface area (Å²) in [7, 11) is 6.15. The molecule has 1 amide bonds. The number of quaternary nitrogens is 1. The molecule has 0 saturated carbocycles. The van der Waals surface area contributed by atoms with Gasteiger partial charge in [-0.2, -0.15) is 0 Å². The first-order chi connectivity index (χ1) is 5.49. The Bertz CT molecular complexity index is 166. The van der Waals surface area contributed by atoms with E-state index in [1.165, 1.54) is 12.8 Å². The average Bonchev–Trinajstić information content (AvgIpc) is 2.32. The molecule has 12 heavy (non-hydrogen) atoms. The van der Waals surface area contributed by atoms with Crippen LogP contribution in [0.1, 0.15) is 12.8 Å². The van der Waals surface area contributed by atoms with E-state index < -0.39 is 0 Å². The molecule has 1 fully saturated rings. The summed E-state index contributed by atoms with van der Waals surface area (Å²) < 4.78 is 0.731. The minimum Gasteiger partial charge on any atom is -0.338 e. The third kappa shape index (κ3) is 2.81. The zero-order valence-corrected chi connectivity index (χ0v) is 8.34. The molecule has 1 heterocycles. The van der Waals surface area contributed by atoms with Crippen molar-refractivity contribution >= 4 is 5.91 Å². The van der Waals surface area contributed by atoms with Crippen LogP contribution in [-0.4, -0.2) is 56.1 Å². The molecule has 0 aromatic heterocycles. The monoisotopic (exact) mass is 171 g/mol. The van der Waals surface area contributed by atoms with Crippen LogP contribution in [0.15, 0.2) is 0 Å². The molecular weight excluding hydrogens is 152 g/mol. The van der Waals surface area contributed by atoms with Gasteiger partial charge in [0.25, 0.3) is 5.91 Å². The molecule has 0 spiro atoms. The fraction of sp³-hybridized carbons (Fsp3) is 0.889. The predicted octanol–water partition coefficient (Wildman–Crippen LogP) is 0.315. The Morgan fingerprint density at radius 1 is 1.25 bits per heavy atom. The second-order valence-electron chi connectivity index (χ2n) is 4.54. The van der Waals surface area contributed by atoms with E-state index in [1.807, 2.05) is 26.0 Å². The van der Waals surface area contributed by atoms with Crippen molar-refractivity contribution in [2.45, 2.75) is 12.8 Å². The van der Waals surface area contributed by atoms with Crippen molar-refractivity contribution in [3.8, 4) is 0 Å². The number of hydrogen-bond acceptors (Lipinski definition) is 1. The molecule has 1 aliphatic rings. The first-order valence-corrected chi connectivity index (χ1v) is 4.57. The maximum absolute atomic E-state index is 11.6. The van der Waals surface area contributed by atoms with Gasteiger partial charge in [0.1, 0.15) is 0 Å². The van der Waals surface area contributed by atoms with Crippen molar-refractivity contribution in [3.63, 3.8) is 0 Å². The van der Waals surface area contributed by atoms with Gasteiger partial charge in [0, 0.05) is 13.1 Å². The van der Waals surface area contributed by atoms with Gasteiger partial charge in [-0.3, -0.25) is 4.79 Å². The number of likely N-dealkylation sites (N-methyl/N-ethyl adjacent to an activating group) is 1. The summed E-state index contributed by atoms with van der Waals surface area (Å²) in [6.45, 7) is 2.57. The van der Waals surface area contributed by atoms with E-state index in [9.17, 15) is 4.79 Å². The zero-order chi connectivity index (χ0) is 9.19. The van der Waals surface area contributed by atoms with Gasteiger partial charge in [-0.25, -0.2) is 0 Å². The fourth-order valence-corrected chi connectivity index (χ4v) is 1.47. The second-order valence-corrected chi connectivity index (χ2v) is 4.54. The number of carbonyl (C=O) groups is 1. The lowest BCUT2D eigenvalue weighted by atomic mass is 10.4. The average molecular weight is 171 g/mol. The van der Waals surface area contributed by atoms with Crippen molar-refractivity contribution < 1.29 is 9.28 Å². The molecular formula is C9H19N2O+. The molecule has 3 nitrogen and oxygen atoms in total. The number of rotatable bonds is 2. The molecule has 0 N–H and O–H groups in total. The Hall–Kier alpha value is -0.570. The number of likely N-dealkylation sites (tertiary alicyclic amines) is 1. The van der Waals surface area contributed by atoms with E-state index in [1.54, 1.807) is 0 Å². The Morgan fingerprint density at radius 3 is 2.17 bits per heavy atom. The molecule has 0 radical (unpaired) electrons. The van der Waals surface area contributed by atoms with Crippen LogP contribution in [0.3, 0.4) is 0 Å². The summed E-state index contributed by atoms with van der Waals surface area (Å²) in [6.07, 6.45) is 2.37. The molecule has 0 bridgehead atoms. The Labute approximate surface area is 74.5 Å². The minimum atomic E-state index is 0.306. The van der Waals surface area contributed by atoms with E-state index in [4.69, 9.17) is 0 Å². The van der Waals surface area contributed by atoms with Crippen LogP contribution in [0.2, 0.25) is 0 Å². The standard InChI is InChI=1S/C9H19N2O/c1-11(2,3)8-9(12)10-6-4-5-7-10/h4-8H2,1-3H3/q+1. The van der Waals surface area contributed by atoms with Crippen molar-refractivity contribution in [1.29, 1.82) is 0 Å². The van der Waals surface area contributed by atoms with E-state index in [0.717, 1.165) is 17.6 Å². The van der Waals surface area contributed by atoms with Crippen molar-refractivity contribution in [2.24, 2.45) is 0 Å². The first kappa shape index (κ1) is 9.52. The highest BCUT2D eigenvalue weighted by Gasteiger charge is 2.22. The Morgan fingerprint density at radius 2 is 1.75 bits per heavy atom. The maximum Gasteiger partial charge on any atom is 0.277 e. The van der Waals surface area contributed by atoms with E-state index in [-0.39, 0.29) is 0 Å². The molecule has 0 atom stereocenters. The number of nitrogens with zero attached hydrogens (tertiary/aromatic N) is 2. The summed E-state index contributed by atoms with van der Waals surface area (Å²) >= 11 is 0. The first-order valence-electron chi connectivity index (χ1n) is 4.57. The highest BCUT2D eigenvalue weighted by Crippen LogP contribution is 2.08. The van der Waals surface area contributed by atoms with Gasteiger partial charge in [0.05, 0.1) is 21.1 Å². The van der Waals surface area contributed by atoms with Gasteiger partial charge >= 0.3 is 0 Å².